The molecule has 37 heavy (non-hydrogen) atoms. The minimum absolute atomic E-state index is 0.0465. The van der Waals surface area contributed by atoms with E-state index < -0.39 is 23.9 Å². The number of rotatable bonds is 12. The van der Waals surface area contributed by atoms with Gasteiger partial charge in [-0.05, 0) is 37.0 Å². The summed E-state index contributed by atoms with van der Waals surface area (Å²) in [6.45, 7) is 2.97. The Hall–Kier alpha value is -4.13. The number of esters is 2. The normalized spacial score (nSPS) is 11.2. The molecule has 0 aliphatic carbocycles. The van der Waals surface area contributed by atoms with E-state index in [0.29, 0.717) is 12.3 Å². The highest BCUT2D eigenvalue weighted by Gasteiger charge is 2.17. The fraction of sp³-hybridized carbons (Fsp3) is 0.391. The number of aryl methyl sites for hydroxylation is 1. The van der Waals surface area contributed by atoms with E-state index in [9.17, 15) is 14.4 Å². The number of halogens is 1. The van der Waals surface area contributed by atoms with Gasteiger partial charge in [-0.15, -0.1) is 0 Å². The number of nitrogens with one attached hydrogen (secondary N) is 3. The molecule has 0 aliphatic rings. The zero-order valence-corrected chi connectivity index (χ0v) is 21.3. The van der Waals surface area contributed by atoms with Crippen LogP contribution in [0.1, 0.15) is 42.7 Å². The van der Waals surface area contributed by atoms with Gasteiger partial charge in [0.1, 0.15) is 19.0 Å². The highest BCUT2D eigenvalue weighted by Crippen LogP contribution is 2.17. The molecule has 0 aliphatic heterocycles. The molecule has 13 nitrogen and oxygen atoms in total. The van der Waals surface area contributed by atoms with Crippen LogP contribution in [0.3, 0.4) is 0 Å². The Labute approximate surface area is 218 Å². The number of ether oxygens (including phenoxy) is 3. The Kier molecular flexibility index (Phi) is 11.4. The van der Waals surface area contributed by atoms with Gasteiger partial charge in [0, 0.05) is 20.4 Å². The van der Waals surface area contributed by atoms with E-state index >= 15 is 0 Å². The Morgan fingerprint density at radius 1 is 1.03 bits per heavy atom. The molecule has 2 rings (SSSR count). The summed E-state index contributed by atoms with van der Waals surface area (Å²) in [6.07, 6.45) is 1.66. The van der Waals surface area contributed by atoms with E-state index in [-0.39, 0.29) is 41.7 Å². The molecule has 1 atom stereocenters. The summed E-state index contributed by atoms with van der Waals surface area (Å²) in [6, 6.07) is 7.43. The van der Waals surface area contributed by atoms with Crippen LogP contribution in [-0.2, 0) is 25.5 Å². The fourth-order valence-electron chi connectivity index (χ4n) is 3.00. The molecule has 0 radical (unpaired) electrons. The predicted octanol–water partition coefficient (Wildman–Crippen LogP) is 1.45. The van der Waals surface area contributed by atoms with Crippen molar-refractivity contribution in [3.63, 3.8) is 0 Å². The minimum atomic E-state index is -0.725. The third-order valence-electron chi connectivity index (χ3n) is 4.72. The zero-order chi connectivity index (χ0) is 27.4. The molecule has 1 amide bonds. The van der Waals surface area contributed by atoms with Crippen LogP contribution in [0.25, 0.3) is 0 Å². The van der Waals surface area contributed by atoms with Crippen LogP contribution >= 0.6 is 11.6 Å². The molecule has 1 unspecified atom stereocenters. The second kappa shape index (κ2) is 14.4. The third-order valence-corrected chi connectivity index (χ3v) is 4.99. The quantitative estimate of drug-likeness (QED) is 0.114. The zero-order valence-electron chi connectivity index (χ0n) is 20.5. The maximum Gasteiger partial charge on any atom is 0.303 e. The van der Waals surface area contributed by atoms with Crippen molar-refractivity contribution in [3.8, 4) is 5.75 Å². The van der Waals surface area contributed by atoms with Gasteiger partial charge in [0.25, 0.3) is 5.91 Å². The van der Waals surface area contributed by atoms with Crippen molar-refractivity contribution in [2.75, 3.05) is 31.2 Å². The Bertz CT molecular complexity index is 1110. The van der Waals surface area contributed by atoms with Crippen LogP contribution in [0.5, 0.6) is 5.75 Å². The van der Waals surface area contributed by atoms with E-state index in [1.807, 2.05) is 12.1 Å². The Morgan fingerprint density at radius 3 is 2.38 bits per heavy atom. The van der Waals surface area contributed by atoms with Gasteiger partial charge >= 0.3 is 11.9 Å². The van der Waals surface area contributed by atoms with Crippen LogP contribution in [0.2, 0.25) is 5.15 Å². The van der Waals surface area contributed by atoms with Crippen molar-refractivity contribution in [3.05, 3.63) is 40.7 Å². The number of amides is 1. The van der Waals surface area contributed by atoms with Crippen molar-refractivity contribution >= 4 is 47.0 Å². The van der Waals surface area contributed by atoms with Crippen molar-refractivity contribution in [1.29, 1.82) is 5.41 Å². The molecule has 0 saturated heterocycles. The molecule has 0 saturated carbocycles. The lowest BCUT2D eigenvalue weighted by Crippen LogP contribution is -2.41. The van der Waals surface area contributed by atoms with Gasteiger partial charge in [-0.2, -0.15) is 0 Å². The average Bonchev–Trinajstić information content (AvgIpc) is 2.83. The number of benzene rings is 1. The monoisotopic (exact) mass is 535 g/mol. The number of hydrogen-bond donors (Lipinski definition) is 5. The number of nitrogens with two attached hydrogens (primary N) is 2. The molecule has 1 aromatic heterocycles. The first-order valence-corrected chi connectivity index (χ1v) is 11.7. The number of guanidine groups is 1. The largest absolute Gasteiger partial charge is 0.490 e. The van der Waals surface area contributed by atoms with Crippen molar-refractivity contribution in [2.45, 2.75) is 39.2 Å². The summed E-state index contributed by atoms with van der Waals surface area (Å²) in [4.78, 5) is 41.9. The lowest BCUT2D eigenvalue weighted by atomic mass is 10.1. The molecular formula is C23H30ClN7O6. The van der Waals surface area contributed by atoms with E-state index in [0.717, 1.165) is 24.8 Å². The molecule has 7 N–H and O–H groups in total. The van der Waals surface area contributed by atoms with Crippen LogP contribution in [0, 0.1) is 5.41 Å². The number of carbonyl (C=O) groups excluding carboxylic acids is 3. The summed E-state index contributed by atoms with van der Waals surface area (Å²) in [7, 11) is 0. The number of carbonyl (C=O) groups is 3. The fourth-order valence-corrected chi connectivity index (χ4v) is 3.12. The number of nitrogens with zero attached hydrogens (tertiary/aromatic N) is 2. The van der Waals surface area contributed by atoms with Gasteiger partial charge in [-0.25, -0.2) is 9.97 Å². The standard InChI is InChI=1S/C23H30ClN7O6/c1-13(32)35-11-17(37-14(2)33)12-36-16-8-6-15(7-9-16)5-3-4-10-28-23(27)31-22(34)18-20(25)30-21(26)19(24)29-18/h6-9,17H,3-5,10-12H2,1-2H3,(H4,25,26,30)(H3,27,28,31,34). The Balaban J connectivity index is 1.69. The van der Waals surface area contributed by atoms with E-state index in [2.05, 4.69) is 20.6 Å². The third kappa shape index (κ3) is 10.6. The minimum Gasteiger partial charge on any atom is -0.490 e. The molecular weight excluding hydrogens is 506 g/mol. The molecule has 2 aromatic rings. The molecule has 200 valence electrons. The second-order valence-corrected chi connectivity index (χ2v) is 8.19. The van der Waals surface area contributed by atoms with Gasteiger partial charge in [0.2, 0.25) is 0 Å². The number of aromatic nitrogens is 2. The van der Waals surface area contributed by atoms with Gasteiger partial charge in [0.15, 0.2) is 34.5 Å². The summed E-state index contributed by atoms with van der Waals surface area (Å²) >= 11 is 5.77. The van der Waals surface area contributed by atoms with Crippen LogP contribution < -0.4 is 26.8 Å². The second-order valence-electron chi connectivity index (χ2n) is 7.84. The first-order chi connectivity index (χ1) is 17.5. The first-order valence-electron chi connectivity index (χ1n) is 11.3. The number of unbranched alkanes of at least 4 members (excludes halogenated alkanes) is 1. The SMILES string of the molecule is CC(=O)OCC(COc1ccc(CCCCNC(=N)NC(=O)c2nc(Cl)c(N)nc2N)cc1)OC(C)=O. The molecule has 0 fully saturated rings. The van der Waals surface area contributed by atoms with E-state index in [4.69, 9.17) is 42.7 Å². The maximum absolute atomic E-state index is 12.2. The first kappa shape index (κ1) is 29.1. The maximum atomic E-state index is 12.2. The number of hydrogen-bond acceptors (Lipinski definition) is 11. The van der Waals surface area contributed by atoms with Crippen LogP contribution in [0.15, 0.2) is 24.3 Å². The van der Waals surface area contributed by atoms with Crippen LogP contribution in [0.4, 0.5) is 11.6 Å². The topological polar surface area (TPSA) is 205 Å². The van der Waals surface area contributed by atoms with Gasteiger partial charge in [-0.3, -0.25) is 25.1 Å². The highest BCUT2D eigenvalue weighted by atomic mass is 35.5. The van der Waals surface area contributed by atoms with Crippen LogP contribution in [-0.4, -0.2) is 59.6 Å². The summed E-state index contributed by atoms with van der Waals surface area (Å²) in [5.41, 5.74) is 12.0. The van der Waals surface area contributed by atoms with Gasteiger partial charge in [0.05, 0.1) is 0 Å². The average molecular weight is 536 g/mol. The van der Waals surface area contributed by atoms with E-state index in [1.165, 1.54) is 13.8 Å². The summed E-state index contributed by atoms with van der Waals surface area (Å²) in [5.74, 6) is -1.58. The number of nitrogen functional groups attached to an aromatic ring is 2. The summed E-state index contributed by atoms with van der Waals surface area (Å²) in [5, 5.41) is 12.8. The molecule has 14 heteroatoms. The van der Waals surface area contributed by atoms with Crippen molar-refractivity contribution in [1.82, 2.24) is 20.6 Å². The molecule has 0 spiro atoms. The van der Waals surface area contributed by atoms with Crippen molar-refractivity contribution < 1.29 is 28.6 Å². The lowest BCUT2D eigenvalue weighted by Gasteiger charge is -2.17. The Morgan fingerprint density at radius 2 is 1.73 bits per heavy atom. The molecule has 1 aromatic carbocycles. The molecule has 1 heterocycles. The lowest BCUT2D eigenvalue weighted by molar-refractivity contribution is -0.158. The smallest absolute Gasteiger partial charge is 0.303 e. The van der Waals surface area contributed by atoms with Gasteiger partial charge < -0.3 is 31.0 Å². The van der Waals surface area contributed by atoms with Crippen molar-refractivity contribution in [2.24, 2.45) is 0 Å². The molecule has 0 bridgehead atoms. The summed E-state index contributed by atoms with van der Waals surface area (Å²) < 4.78 is 15.6. The van der Waals surface area contributed by atoms with Gasteiger partial charge in [-0.1, -0.05) is 23.7 Å². The highest BCUT2D eigenvalue weighted by molar-refractivity contribution is 6.31. The predicted molar refractivity (Wildman–Crippen MR) is 136 cm³/mol. The van der Waals surface area contributed by atoms with E-state index in [1.54, 1.807) is 12.1 Å². The number of anilines is 2.